The number of hydrogen-bond donors (Lipinski definition) is 1. The molecule has 9 heteroatoms. The van der Waals surface area contributed by atoms with Gasteiger partial charge in [0.05, 0.1) is 19.8 Å². The fourth-order valence-corrected chi connectivity index (χ4v) is 5.72. The van der Waals surface area contributed by atoms with Gasteiger partial charge in [-0.25, -0.2) is 13.4 Å². The number of guanidine groups is 1. The number of thiophene rings is 1. The molecule has 7 nitrogen and oxygen atoms in total. The predicted molar refractivity (Wildman–Crippen MR) is 94.6 cm³/mol. The summed E-state index contributed by atoms with van der Waals surface area (Å²) in [6, 6.07) is 3.49. The quantitative estimate of drug-likeness (QED) is 0.631. The maximum Gasteiger partial charge on any atom is 0.252 e. The first kappa shape index (κ1) is 17.7. The zero-order valence-corrected chi connectivity index (χ0v) is 15.3. The molecule has 0 bridgehead atoms. The molecule has 1 aromatic heterocycles. The normalized spacial score (nSPS) is 21.2. The van der Waals surface area contributed by atoms with Crippen LogP contribution in [-0.4, -0.2) is 63.0 Å². The van der Waals surface area contributed by atoms with E-state index in [4.69, 9.17) is 10.5 Å². The molecule has 2 fully saturated rings. The van der Waals surface area contributed by atoms with Gasteiger partial charge in [0.2, 0.25) is 0 Å². The lowest BCUT2D eigenvalue weighted by Gasteiger charge is -2.27. The van der Waals surface area contributed by atoms with Crippen molar-refractivity contribution >= 4 is 27.3 Å². The average Bonchev–Trinajstić information content (AvgIpc) is 3.11. The van der Waals surface area contributed by atoms with Crippen molar-refractivity contribution in [3.05, 3.63) is 17.0 Å². The van der Waals surface area contributed by atoms with Crippen molar-refractivity contribution in [2.24, 2.45) is 10.7 Å². The Morgan fingerprint density at radius 3 is 2.58 bits per heavy atom. The Bertz CT molecular complexity index is 675. The minimum atomic E-state index is -3.42. The molecule has 0 saturated carbocycles. The summed E-state index contributed by atoms with van der Waals surface area (Å²) in [5.41, 5.74) is 6.05. The molecule has 134 valence electrons. The Hall–Kier alpha value is -1.16. The van der Waals surface area contributed by atoms with Crippen LogP contribution < -0.4 is 5.73 Å². The van der Waals surface area contributed by atoms with E-state index in [0.29, 0.717) is 43.0 Å². The van der Waals surface area contributed by atoms with Gasteiger partial charge in [0.1, 0.15) is 4.21 Å². The first-order valence-electron chi connectivity index (χ1n) is 8.29. The van der Waals surface area contributed by atoms with Crippen LogP contribution in [0, 0.1) is 0 Å². The number of nitrogens with two attached hydrogens (primary N) is 1. The summed E-state index contributed by atoms with van der Waals surface area (Å²) in [6.45, 7) is 4.06. The summed E-state index contributed by atoms with van der Waals surface area (Å²) in [4.78, 5) is 7.43. The van der Waals surface area contributed by atoms with Crippen LogP contribution in [0.4, 0.5) is 0 Å². The highest BCUT2D eigenvalue weighted by Gasteiger charge is 2.27. The second kappa shape index (κ2) is 7.81. The first-order valence-corrected chi connectivity index (χ1v) is 10.5. The summed E-state index contributed by atoms with van der Waals surface area (Å²) in [5.74, 6) is 0.556. The van der Waals surface area contributed by atoms with Crippen LogP contribution >= 0.6 is 11.3 Å². The zero-order chi connectivity index (χ0) is 17.0. The molecular formula is C15H24N4O3S2. The molecule has 2 aliphatic rings. The van der Waals surface area contributed by atoms with Crippen LogP contribution in [0.2, 0.25) is 0 Å². The van der Waals surface area contributed by atoms with Gasteiger partial charge in [0, 0.05) is 31.1 Å². The lowest BCUT2D eigenvalue weighted by Crippen LogP contribution is -2.40. The molecule has 2 N–H and O–H groups in total. The van der Waals surface area contributed by atoms with Gasteiger partial charge in [0.25, 0.3) is 10.0 Å². The molecule has 0 radical (unpaired) electrons. The van der Waals surface area contributed by atoms with E-state index in [9.17, 15) is 8.42 Å². The minimum Gasteiger partial charge on any atom is -0.379 e. The van der Waals surface area contributed by atoms with Gasteiger partial charge in [-0.3, -0.25) is 0 Å². The van der Waals surface area contributed by atoms with Crippen molar-refractivity contribution in [1.82, 2.24) is 9.21 Å². The number of nitrogens with zero attached hydrogens (tertiary/aromatic N) is 3. The van der Waals surface area contributed by atoms with Crippen molar-refractivity contribution < 1.29 is 13.2 Å². The number of aliphatic imine (C=N–C) groups is 1. The lowest BCUT2D eigenvalue weighted by molar-refractivity contribution is 0.0731. The highest BCUT2D eigenvalue weighted by molar-refractivity contribution is 7.91. The van der Waals surface area contributed by atoms with Crippen molar-refractivity contribution in [3.63, 3.8) is 0 Å². The SMILES string of the molecule is NC(=NCc1ccc(S(=O)(=O)N2CCOCC2)s1)N1CCCCC1. The van der Waals surface area contributed by atoms with E-state index in [0.717, 1.165) is 30.8 Å². The van der Waals surface area contributed by atoms with E-state index < -0.39 is 10.0 Å². The molecule has 0 amide bonds. The monoisotopic (exact) mass is 372 g/mol. The maximum absolute atomic E-state index is 12.6. The second-order valence-electron chi connectivity index (χ2n) is 5.96. The number of ether oxygens (including phenoxy) is 1. The zero-order valence-electron chi connectivity index (χ0n) is 13.7. The average molecular weight is 373 g/mol. The van der Waals surface area contributed by atoms with Crippen molar-refractivity contribution in [3.8, 4) is 0 Å². The third-order valence-electron chi connectivity index (χ3n) is 4.28. The number of sulfonamides is 1. The Morgan fingerprint density at radius 1 is 1.17 bits per heavy atom. The molecule has 0 spiro atoms. The van der Waals surface area contributed by atoms with Crippen LogP contribution in [0.3, 0.4) is 0 Å². The van der Waals surface area contributed by atoms with Gasteiger partial charge in [-0.1, -0.05) is 0 Å². The third-order valence-corrected chi connectivity index (χ3v) is 7.71. The fourth-order valence-electron chi connectivity index (χ4n) is 2.88. The standard InChI is InChI=1S/C15H24N4O3S2/c16-15(18-6-2-1-3-7-18)17-12-13-4-5-14(23-13)24(20,21)19-8-10-22-11-9-19/h4-5H,1-3,6-12H2,(H2,16,17). The number of likely N-dealkylation sites (tertiary alicyclic amines) is 1. The van der Waals surface area contributed by atoms with Crippen molar-refractivity contribution in [1.29, 1.82) is 0 Å². The summed E-state index contributed by atoms with van der Waals surface area (Å²) in [6.07, 6.45) is 3.55. The molecule has 2 aliphatic heterocycles. The lowest BCUT2D eigenvalue weighted by atomic mass is 10.1. The number of hydrogen-bond acceptors (Lipinski definition) is 5. The Balaban J connectivity index is 1.64. The van der Waals surface area contributed by atoms with E-state index in [1.807, 2.05) is 6.07 Å². The topological polar surface area (TPSA) is 88.2 Å². The molecule has 0 unspecified atom stereocenters. The molecular weight excluding hydrogens is 348 g/mol. The van der Waals surface area contributed by atoms with Crippen molar-refractivity contribution in [2.75, 3.05) is 39.4 Å². The third kappa shape index (κ3) is 4.08. The molecule has 24 heavy (non-hydrogen) atoms. The van der Waals surface area contributed by atoms with Gasteiger partial charge < -0.3 is 15.4 Å². The summed E-state index contributed by atoms with van der Waals surface area (Å²) in [5, 5.41) is 0. The van der Waals surface area contributed by atoms with Crippen LogP contribution in [0.15, 0.2) is 21.3 Å². The van der Waals surface area contributed by atoms with E-state index in [-0.39, 0.29) is 0 Å². The maximum atomic E-state index is 12.6. The molecule has 0 aromatic carbocycles. The summed E-state index contributed by atoms with van der Waals surface area (Å²) < 4.78 is 32.3. The largest absolute Gasteiger partial charge is 0.379 e. The highest BCUT2D eigenvalue weighted by atomic mass is 32.2. The number of morpholine rings is 1. The predicted octanol–water partition coefficient (Wildman–Crippen LogP) is 1.07. The van der Waals surface area contributed by atoms with Gasteiger partial charge in [-0.2, -0.15) is 4.31 Å². The molecule has 1 aromatic rings. The smallest absolute Gasteiger partial charge is 0.252 e. The van der Waals surface area contributed by atoms with Gasteiger partial charge >= 0.3 is 0 Å². The number of piperidine rings is 1. The van der Waals surface area contributed by atoms with E-state index in [1.54, 1.807) is 6.07 Å². The Morgan fingerprint density at radius 2 is 1.88 bits per heavy atom. The summed E-state index contributed by atoms with van der Waals surface area (Å²) in [7, 11) is -3.42. The fraction of sp³-hybridized carbons (Fsp3) is 0.667. The van der Waals surface area contributed by atoms with Crippen molar-refractivity contribution in [2.45, 2.75) is 30.0 Å². The summed E-state index contributed by atoms with van der Waals surface area (Å²) >= 11 is 1.27. The van der Waals surface area contributed by atoms with Crippen LogP contribution in [-0.2, 0) is 21.3 Å². The molecule has 2 saturated heterocycles. The Kier molecular flexibility index (Phi) is 5.75. The van der Waals surface area contributed by atoms with Crippen LogP contribution in [0.25, 0.3) is 0 Å². The van der Waals surface area contributed by atoms with Crippen LogP contribution in [0.5, 0.6) is 0 Å². The molecule has 3 heterocycles. The minimum absolute atomic E-state index is 0.367. The van der Waals surface area contributed by atoms with Gasteiger partial charge in [-0.05, 0) is 31.4 Å². The molecule has 0 aliphatic carbocycles. The van der Waals surface area contributed by atoms with Gasteiger partial charge in [0.15, 0.2) is 5.96 Å². The van der Waals surface area contributed by atoms with E-state index >= 15 is 0 Å². The van der Waals surface area contributed by atoms with E-state index in [1.165, 1.54) is 22.1 Å². The second-order valence-corrected chi connectivity index (χ2v) is 9.29. The highest BCUT2D eigenvalue weighted by Crippen LogP contribution is 2.26. The van der Waals surface area contributed by atoms with Crippen LogP contribution in [0.1, 0.15) is 24.1 Å². The van der Waals surface area contributed by atoms with Gasteiger partial charge in [-0.15, -0.1) is 11.3 Å². The Labute approximate surface area is 147 Å². The van der Waals surface area contributed by atoms with E-state index in [2.05, 4.69) is 9.89 Å². The molecule has 0 atom stereocenters. The first-order chi connectivity index (χ1) is 11.6. The molecule has 3 rings (SSSR count). The number of rotatable bonds is 4.